The zero-order valence-corrected chi connectivity index (χ0v) is 66.9. The first-order valence-corrected chi connectivity index (χ1v) is 30.0. The number of benzene rings is 6. The van der Waals surface area contributed by atoms with Crippen LogP contribution in [0.2, 0.25) is 0 Å². The number of carbonyl (C=O) groups excluding carboxylic acids is 1. The topological polar surface area (TPSA) is 248 Å². The summed E-state index contributed by atoms with van der Waals surface area (Å²) in [6, 6.07) is 35.6. The van der Waals surface area contributed by atoms with Crippen LogP contribution in [-0.4, -0.2) is 86.4 Å². The normalized spacial score (nSPS) is 13.8. The van der Waals surface area contributed by atoms with Crippen LogP contribution < -0.4 is 160 Å². The van der Waals surface area contributed by atoms with Gasteiger partial charge in [0.1, 0.15) is 34.9 Å². The van der Waals surface area contributed by atoms with E-state index >= 15 is 0 Å². The van der Waals surface area contributed by atoms with Crippen molar-refractivity contribution in [1.29, 1.82) is 0 Å². The van der Waals surface area contributed by atoms with Crippen LogP contribution in [0, 0.1) is 34.9 Å². The van der Waals surface area contributed by atoms with Gasteiger partial charge in [-0.25, -0.2) is 50.2 Å². The molecule has 6 aromatic carbocycles. The molecule has 496 valence electrons. The number of hydrogen-bond donors (Lipinski definition) is 2. The Morgan fingerprint density at radius 1 is 0.577 bits per heavy atom. The van der Waals surface area contributed by atoms with E-state index in [9.17, 15) is 45.1 Å². The van der Waals surface area contributed by atoms with Crippen LogP contribution in [0.25, 0.3) is 66.5 Å². The van der Waals surface area contributed by atoms with Crippen LogP contribution in [-0.2, 0) is 37.6 Å². The molecular formula is C66H59BrClCs2F7N12O8. The molecule has 31 heteroatoms. The van der Waals surface area contributed by atoms with Crippen molar-refractivity contribution in [1.82, 2.24) is 59.5 Å². The van der Waals surface area contributed by atoms with E-state index in [4.69, 9.17) is 20.9 Å². The second-order valence-corrected chi connectivity index (χ2v) is 21.5. The molecule has 0 bridgehead atoms. The van der Waals surface area contributed by atoms with Crippen molar-refractivity contribution in [2.75, 3.05) is 20.4 Å². The van der Waals surface area contributed by atoms with Crippen molar-refractivity contribution >= 4 is 67.5 Å². The molecule has 20 nitrogen and oxygen atoms in total. The number of carbonyl (C=O) groups is 1. The Morgan fingerprint density at radius 3 is 1.40 bits per heavy atom. The maximum Gasteiger partial charge on any atom is 1.00 e. The molecule has 14 rings (SSSR count). The molecule has 0 aliphatic carbocycles. The van der Waals surface area contributed by atoms with Gasteiger partial charge in [0.15, 0.2) is 12.5 Å². The standard InChI is InChI=1S/C23H20F2N4O2.C18H12F2N4O.C13H15BrN2O.C10H6F2N2O.CH3F.CH2O3.ClH.2Cs.H/c24-18-10-16(11-19(25)12-18)20-5-7-22(30)28(27-20)14-15-4-6-21-17(9-15)13-26-29(21)23-3-1-2-8-31-23;19-14-6-12(7-15(20)8-14)17-3-4-18(25)24(23-17)10-11-1-2-16-13(5-11)9-21-22-16;14-8-10-4-5-12-11(7-10)9-15-16(12)13-3-1-2-6-17-13;11-7-3-6(4-8(12)5-7)9-1-2-10(15)14-13-9;1-2;2-1-4-3;;;;/h4-7,9-13,23H,1-3,8,14H2;1-9H,10H2,(H,21,22);4-5,7,9,13H,1-3,6,8H2;1-5H,(H,14,15);1H3;1,3H;1H;;;/q;;;;;;;2*+1;-1/p-1/i;;;;1D;;;;;. The quantitative estimate of drug-likeness (QED) is 0.0474. The first-order valence-electron chi connectivity index (χ1n) is 29.5. The number of nitrogens with zero attached hydrogens (tertiary/aromatic N) is 10. The Labute approximate surface area is 683 Å². The van der Waals surface area contributed by atoms with Gasteiger partial charge in [-0.3, -0.25) is 28.7 Å². The molecule has 2 saturated heterocycles. The largest absolute Gasteiger partial charge is 1.00 e. The minimum Gasteiger partial charge on any atom is -1.00 e. The van der Waals surface area contributed by atoms with Crippen molar-refractivity contribution in [3.8, 4) is 33.8 Å². The molecule has 12 aromatic rings. The predicted molar refractivity (Wildman–Crippen MR) is 345 cm³/mol. The molecule has 6 aromatic heterocycles. The van der Waals surface area contributed by atoms with Gasteiger partial charge in [0.2, 0.25) is 0 Å². The molecule has 0 spiro atoms. The van der Waals surface area contributed by atoms with E-state index in [0.717, 1.165) is 107 Å². The maximum absolute atomic E-state index is 13.6. The predicted octanol–water partition coefficient (Wildman–Crippen LogP) is 6.31. The molecule has 2 fully saturated rings. The van der Waals surface area contributed by atoms with Crippen molar-refractivity contribution < 1.29 is 196 Å². The summed E-state index contributed by atoms with van der Waals surface area (Å²) in [7, 11) is -1.00. The van der Waals surface area contributed by atoms with Gasteiger partial charge in [0, 0.05) is 87.8 Å². The van der Waals surface area contributed by atoms with E-state index in [1.54, 1.807) is 12.4 Å². The SMILES string of the molecule is BrCc1ccc2c(cnn2C2CCCCO2)c1.Cl.O=CO[O-].O=c1ccc(-c2cc(F)cc(F)c2)n[nH]1.O=c1ccc(-c2cc(F)cc(F)c2)nn1Cc1ccc2[nH]ncc2c1.O=c1ccc(-c2cc(F)cc(F)c2)nn1Cc1ccc2c(cnn2C2CCCCO2)c1.[2H]CF.[Cs+].[Cs+].[H-]. The van der Waals surface area contributed by atoms with E-state index in [1.165, 1.54) is 99.3 Å². The van der Waals surface area contributed by atoms with Gasteiger partial charge in [-0.15, -0.1) is 12.4 Å². The summed E-state index contributed by atoms with van der Waals surface area (Å²) in [5.74, 6) is -4.14. The van der Waals surface area contributed by atoms with Crippen molar-refractivity contribution in [2.24, 2.45) is 0 Å². The average molecular weight is 1660 g/mol. The third kappa shape index (κ3) is 22.6. The molecular weight excluding hydrogens is 1600 g/mol. The smallest absolute Gasteiger partial charge is 1.00 e. The second-order valence-electron chi connectivity index (χ2n) is 20.9. The van der Waals surface area contributed by atoms with Gasteiger partial charge in [0.25, 0.3) is 23.2 Å². The van der Waals surface area contributed by atoms with Crippen molar-refractivity contribution in [2.45, 2.75) is 69.4 Å². The molecule has 2 aliphatic rings. The summed E-state index contributed by atoms with van der Waals surface area (Å²) in [5.41, 5.74) is 6.87. The Bertz CT molecular complexity index is 4700. The first kappa shape index (κ1) is 78.4. The van der Waals surface area contributed by atoms with Crippen molar-refractivity contribution in [3.05, 3.63) is 247 Å². The minimum atomic E-state index is -1.00. The summed E-state index contributed by atoms with van der Waals surface area (Å²) in [6.07, 6.45) is 12.1. The van der Waals surface area contributed by atoms with E-state index in [0.29, 0.717) is 17.1 Å². The third-order valence-electron chi connectivity index (χ3n) is 14.4. The van der Waals surface area contributed by atoms with Crippen LogP contribution in [0.5, 0.6) is 0 Å². The summed E-state index contributed by atoms with van der Waals surface area (Å²) in [4.78, 5) is 46.4. The van der Waals surface area contributed by atoms with E-state index in [2.05, 4.69) is 79.8 Å². The number of ether oxygens (including phenoxy) is 2. The Hall–Kier alpha value is -5.90. The van der Waals surface area contributed by atoms with Gasteiger partial charge in [-0.2, -0.15) is 30.6 Å². The van der Waals surface area contributed by atoms with Crippen LogP contribution >= 0.6 is 28.3 Å². The summed E-state index contributed by atoms with van der Waals surface area (Å²) in [6.45, 7) is 1.88. The molecule has 0 amide bonds. The van der Waals surface area contributed by atoms with Gasteiger partial charge >= 0.3 is 138 Å². The first-order chi connectivity index (χ1) is 46.0. The number of rotatable bonds is 11. The average Bonchev–Trinajstić information content (AvgIpc) is 1.73. The second kappa shape index (κ2) is 39.8. The van der Waals surface area contributed by atoms with E-state index < -0.39 is 42.1 Å². The molecule has 2 N–H and O–H groups in total. The fraction of sp³-hybridized carbons (Fsp3) is 0.212. The molecule has 2 atom stereocenters. The number of aromatic nitrogens is 12. The van der Waals surface area contributed by atoms with Gasteiger partial charge in [-0.1, -0.05) is 34.1 Å². The number of halogens is 9. The summed E-state index contributed by atoms with van der Waals surface area (Å²) >= 11 is 3.47. The Morgan fingerprint density at radius 2 is 0.990 bits per heavy atom. The Kier molecular flexibility index (Phi) is 32.2. The van der Waals surface area contributed by atoms with Crippen LogP contribution in [0.1, 0.15) is 70.5 Å². The van der Waals surface area contributed by atoms with E-state index in [-0.39, 0.29) is 217 Å². The number of aromatic amines is 2. The van der Waals surface area contributed by atoms with Crippen molar-refractivity contribution in [3.63, 3.8) is 0 Å². The number of alkyl halides is 2. The molecule has 97 heavy (non-hydrogen) atoms. The third-order valence-corrected chi connectivity index (χ3v) is 15.1. The molecule has 8 heterocycles. The fourth-order valence-electron chi connectivity index (χ4n) is 10.2. The van der Waals surface area contributed by atoms with Crippen LogP contribution in [0.15, 0.2) is 179 Å². The monoisotopic (exact) mass is 1660 g/mol. The number of nitrogens with one attached hydrogen (secondary N) is 2. The zero-order valence-electron chi connectivity index (χ0n) is 54.0. The molecule has 2 unspecified atom stereocenters. The zero-order chi connectivity index (χ0) is 67.4. The van der Waals surface area contributed by atoms with Crippen LogP contribution in [0.3, 0.4) is 0 Å². The number of hydrogen-bond acceptors (Lipinski definition) is 14. The van der Waals surface area contributed by atoms with Gasteiger partial charge in [0.05, 0.1) is 73.8 Å². The molecule has 2 aliphatic heterocycles. The maximum atomic E-state index is 13.6. The molecule has 0 saturated carbocycles. The minimum absolute atomic E-state index is 0. The number of H-pyrrole nitrogens is 2. The fourth-order valence-corrected chi connectivity index (χ4v) is 10.5. The summed E-state index contributed by atoms with van der Waals surface area (Å²) < 4.78 is 113. The van der Waals surface area contributed by atoms with E-state index in [1.807, 2.05) is 52.0 Å². The number of fused-ring (bicyclic) bond motifs is 3. The Balaban J connectivity index is 0.000000235. The van der Waals surface area contributed by atoms with Gasteiger partial charge in [-0.05, 0) is 146 Å². The molecule has 0 radical (unpaired) electrons. The van der Waals surface area contributed by atoms with Gasteiger partial charge < -0.3 is 21.0 Å². The van der Waals surface area contributed by atoms with Crippen LogP contribution in [0.4, 0.5) is 30.7 Å². The summed E-state index contributed by atoms with van der Waals surface area (Å²) in [5, 5.41) is 42.5.